The fourth-order valence-corrected chi connectivity index (χ4v) is 2.03. The molecule has 1 aromatic heterocycles. The van der Waals surface area contributed by atoms with Crippen molar-refractivity contribution in [3.05, 3.63) is 24.3 Å². The zero-order chi connectivity index (χ0) is 16.7. The number of benzene rings is 1. The van der Waals surface area contributed by atoms with Gasteiger partial charge in [-0.15, -0.1) is 11.6 Å². The van der Waals surface area contributed by atoms with Crippen LogP contribution in [0.3, 0.4) is 0 Å². The molecule has 1 heterocycles. The smallest absolute Gasteiger partial charge is 0.413 e. The van der Waals surface area contributed by atoms with Crippen LogP contribution in [0.5, 0.6) is 0 Å². The Morgan fingerprint density at radius 1 is 1.30 bits per heavy atom. The third-order valence-electron chi connectivity index (χ3n) is 2.91. The molecule has 0 saturated carbocycles. The predicted molar refractivity (Wildman–Crippen MR) is 86.1 cm³/mol. The Morgan fingerprint density at radius 3 is 2.83 bits per heavy atom. The molecule has 2 N–H and O–H groups in total. The van der Waals surface area contributed by atoms with E-state index < -0.39 is 12.1 Å². The maximum atomic E-state index is 12.4. The molecule has 0 radical (unpaired) electrons. The van der Waals surface area contributed by atoms with Crippen LogP contribution in [0, 0.1) is 0 Å². The molecule has 0 spiro atoms. The number of para-hydroxylation sites is 2. The fraction of sp³-hybridized carbons (Fsp3) is 0.357. The number of hydrogen-bond acceptors (Lipinski definition) is 5. The molecule has 2 aromatic rings. The maximum absolute atomic E-state index is 12.4. The molecule has 1 aromatic carbocycles. The summed E-state index contributed by atoms with van der Waals surface area (Å²) in [5, 5.41) is 5.11. The first kappa shape index (κ1) is 17.0. The number of nitrogens with zero attached hydrogens (tertiary/aromatic N) is 2. The molecule has 0 saturated heterocycles. The summed E-state index contributed by atoms with van der Waals surface area (Å²) in [5.74, 6) is 0.477. The molecule has 2 rings (SSSR count). The van der Waals surface area contributed by atoms with Crippen molar-refractivity contribution in [3.63, 3.8) is 0 Å². The van der Waals surface area contributed by atoms with Crippen molar-refractivity contribution in [1.82, 2.24) is 14.9 Å². The van der Waals surface area contributed by atoms with E-state index in [-0.39, 0.29) is 5.95 Å². The Hall–Kier alpha value is -2.32. The van der Waals surface area contributed by atoms with Gasteiger partial charge in [0.1, 0.15) is 0 Å². The normalized spacial score (nSPS) is 10.5. The van der Waals surface area contributed by atoms with Crippen LogP contribution in [0.1, 0.15) is 0 Å². The highest BCUT2D eigenvalue weighted by Gasteiger charge is 2.18. The molecule has 2 amide bonds. The van der Waals surface area contributed by atoms with Gasteiger partial charge in [0.15, 0.2) is 0 Å². The molecular weight excluding hydrogens is 324 g/mol. The first-order chi connectivity index (χ1) is 11.2. The van der Waals surface area contributed by atoms with Crippen molar-refractivity contribution in [2.45, 2.75) is 0 Å². The van der Waals surface area contributed by atoms with Gasteiger partial charge in [0.25, 0.3) is 0 Å². The number of carbonyl (C=O) groups is 2. The second-order valence-electron chi connectivity index (χ2n) is 4.41. The minimum atomic E-state index is -0.709. The lowest BCUT2D eigenvalue weighted by molar-refractivity contribution is 0.151. The Kier molecular flexibility index (Phi) is 6.19. The lowest BCUT2D eigenvalue weighted by Crippen LogP contribution is -2.32. The number of carbonyl (C=O) groups excluding carboxylic acids is 2. The number of anilines is 1. The van der Waals surface area contributed by atoms with Gasteiger partial charge in [-0.2, -0.15) is 0 Å². The second kappa shape index (κ2) is 8.35. The summed E-state index contributed by atoms with van der Waals surface area (Å²) in [6.45, 7) is 1.06. The van der Waals surface area contributed by atoms with Crippen LogP contribution >= 0.6 is 11.6 Å². The number of amides is 2. The average Bonchev–Trinajstić information content (AvgIpc) is 2.92. The van der Waals surface area contributed by atoms with E-state index in [0.717, 1.165) is 0 Å². The van der Waals surface area contributed by atoms with Gasteiger partial charge in [0.05, 0.1) is 31.4 Å². The molecule has 0 unspecified atom stereocenters. The number of hydrogen-bond donors (Lipinski definition) is 2. The second-order valence-corrected chi connectivity index (χ2v) is 4.79. The van der Waals surface area contributed by atoms with Gasteiger partial charge in [-0.1, -0.05) is 12.1 Å². The molecular formula is C14H17ClN4O4. The van der Waals surface area contributed by atoms with Gasteiger partial charge in [0.2, 0.25) is 5.95 Å². The summed E-state index contributed by atoms with van der Waals surface area (Å²) < 4.78 is 11.0. The summed E-state index contributed by atoms with van der Waals surface area (Å²) in [4.78, 5) is 28.0. The lowest BCUT2D eigenvalue weighted by Gasteiger charge is -2.10. The summed E-state index contributed by atoms with van der Waals surface area (Å²) >= 11 is 5.50. The predicted octanol–water partition coefficient (Wildman–Crippen LogP) is 2.03. The van der Waals surface area contributed by atoms with Crippen LogP contribution in [0.4, 0.5) is 15.5 Å². The van der Waals surface area contributed by atoms with Gasteiger partial charge in [-0.3, -0.25) is 5.32 Å². The zero-order valence-corrected chi connectivity index (χ0v) is 13.3. The molecule has 0 fully saturated rings. The topological polar surface area (TPSA) is 94.5 Å². The van der Waals surface area contributed by atoms with E-state index in [1.807, 2.05) is 0 Å². The Bertz CT molecular complexity index is 688. The molecule has 0 aliphatic heterocycles. The Labute approximate surface area is 137 Å². The minimum absolute atomic E-state index is 0.0808. The van der Waals surface area contributed by atoms with Crippen molar-refractivity contribution >= 4 is 40.7 Å². The molecule has 124 valence electrons. The van der Waals surface area contributed by atoms with Gasteiger partial charge in [0, 0.05) is 12.4 Å². The fourth-order valence-electron chi connectivity index (χ4n) is 1.92. The maximum Gasteiger partial charge on any atom is 0.413 e. The van der Waals surface area contributed by atoms with Crippen LogP contribution in [0.25, 0.3) is 11.0 Å². The molecule has 0 aliphatic carbocycles. The van der Waals surface area contributed by atoms with Crippen LogP contribution < -0.4 is 10.6 Å². The van der Waals surface area contributed by atoms with Crippen molar-refractivity contribution in [1.29, 1.82) is 0 Å². The van der Waals surface area contributed by atoms with E-state index in [2.05, 4.69) is 20.4 Å². The number of imidazole rings is 1. The zero-order valence-electron chi connectivity index (χ0n) is 12.5. The molecule has 0 aliphatic rings. The van der Waals surface area contributed by atoms with Gasteiger partial charge >= 0.3 is 12.1 Å². The largest absolute Gasteiger partial charge is 0.453 e. The third kappa shape index (κ3) is 4.33. The Morgan fingerprint density at radius 2 is 2.09 bits per heavy atom. The standard InChI is InChI=1S/C14H17ClN4O4/c1-22-14(21)18-12-17-10-4-2-3-5-11(10)19(12)13(20)16-7-9-23-8-6-15/h2-5H,6-9H2,1H3,(H,16,20)(H,17,18,21). The quantitative estimate of drug-likeness (QED) is 0.619. The third-order valence-corrected chi connectivity index (χ3v) is 3.06. The van der Waals surface area contributed by atoms with E-state index in [1.54, 1.807) is 24.3 Å². The van der Waals surface area contributed by atoms with E-state index in [4.69, 9.17) is 16.3 Å². The van der Waals surface area contributed by atoms with Crippen LogP contribution in [-0.4, -0.2) is 54.4 Å². The number of nitrogens with one attached hydrogen (secondary N) is 2. The van der Waals surface area contributed by atoms with E-state index in [0.29, 0.717) is 36.7 Å². The summed E-state index contributed by atoms with van der Waals surface area (Å²) in [7, 11) is 1.23. The van der Waals surface area contributed by atoms with E-state index in [1.165, 1.54) is 11.7 Å². The number of ether oxygens (including phenoxy) is 2. The van der Waals surface area contributed by atoms with Crippen LogP contribution in [0.2, 0.25) is 0 Å². The van der Waals surface area contributed by atoms with Crippen molar-refractivity contribution in [2.24, 2.45) is 0 Å². The van der Waals surface area contributed by atoms with Crippen molar-refractivity contribution < 1.29 is 19.1 Å². The highest BCUT2D eigenvalue weighted by Crippen LogP contribution is 2.19. The number of alkyl halides is 1. The number of methoxy groups -OCH3 is 1. The molecule has 8 nitrogen and oxygen atoms in total. The number of rotatable bonds is 6. The first-order valence-electron chi connectivity index (χ1n) is 6.91. The summed E-state index contributed by atoms with van der Waals surface area (Å²) in [5.41, 5.74) is 1.14. The minimum Gasteiger partial charge on any atom is -0.453 e. The average molecular weight is 341 g/mol. The number of halogens is 1. The monoisotopic (exact) mass is 340 g/mol. The summed E-state index contributed by atoms with van der Waals surface area (Å²) in [6.07, 6.45) is -0.709. The molecule has 0 bridgehead atoms. The SMILES string of the molecule is COC(=O)Nc1nc2ccccc2n1C(=O)NCCOCCCl. The van der Waals surface area contributed by atoms with Crippen molar-refractivity contribution in [2.75, 3.05) is 38.1 Å². The highest BCUT2D eigenvalue weighted by atomic mass is 35.5. The van der Waals surface area contributed by atoms with Gasteiger partial charge < -0.3 is 14.8 Å². The highest BCUT2D eigenvalue weighted by molar-refractivity contribution is 6.17. The molecule has 9 heteroatoms. The van der Waals surface area contributed by atoms with Crippen LogP contribution in [-0.2, 0) is 9.47 Å². The van der Waals surface area contributed by atoms with E-state index in [9.17, 15) is 9.59 Å². The van der Waals surface area contributed by atoms with Crippen LogP contribution in [0.15, 0.2) is 24.3 Å². The molecule has 23 heavy (non-hydrogen) atoms. The summed E-state index contributed by atoms with van der Waals surface area (Å²) in [6, 6.07) is 6.61. The Balaban J connectivity index is 2.17. The van der Waals surface area contributed by atoms with E-state index >= 15 is 0 Å². The first-order valence-corrected chi connectivity index (χ1v) is 7.45. The van der Waals surface area contributed by atoms with Gasteiger partial charge in [-0.25, -0.2) is 19.1 Å². The van der Waals surface area contributed by atoms with Crippen molar-refractivity contribution in [3.8, 4) is 0 Å². The molecule has 0 atom stereocenters. The lowest BCUT2D eigenvalue weighted by atomic mass is 10.3. The number of aromatic nitrogens is 2. The number of fused-ring (bicyclic) bond motifs is 1. The van der Waals surface area contributed by atoms with Gasteiger partial charge in [-0.05, 0) is 12.1 Å².